The van der Waals surface area contributed by atoms with E-state index < -0.39 is 11.9 Å². The molecule has 0 fully saturated rings. The Kier molecular flexibility index (Phi) is 5.93. The van der Waals surface area contributed by atoms with Gasteiger partial charge in [-0.1, -0.05) is 22.0 Å². The van der Waals surface area contributed by atoms with Gasteiger partial charge in [-0.25, -0.2) is 4.79 Å². The van der Waals surface area contributed by atoms with Gasteiger partial charge in [0.1, 0.15) is 5.75 Å². The Morgan fingerprint density at radius 1 is 1.08 bits per heavy atom. The van der Waals surface area contributed by atoms with Crippen LogP contribution in [-0.4, -0.2) is 25.1 Å². The zero-order valence-corrected chi connectivity index (χ0v) is 16.1. The number of carbonyl (C=O) groups is 2. The normalized spacial score (nSPS) is 12.4. The third kappa shape index (κ3) is 4.85. The van der Waals surface area contributed by atoms with Gasteiger partial charge in [-0.05, 0) is 73.2 Å². The van der Waals surface area contributed by atoms with Gasteiger partial charge in [-0.15, -0.1) is 0 Å². The van der Waals surface area contributed by atoms with Gasteiger partial charge in [0.2, 0.25) is 0 Å². The molecule has 6 heteroatoms. The summed E-state index contributed by atoms with van der Waals surface area (Å²) >= 11 is 3.40. The third-order valence-corrected chi connectivity index (χ3v) is 5.12. The van der Waals surface area contributed by atoms with Crippen LogP contribution in [0, 0.1) is 6.92 Å². The number of fused-ring (bicyclic) bond motifs is 1. The highest BCUT2D eigenvalue weighted by atomic mass is 79.9. The fourth-order valence-electron chi connectivity index (χ4n) is 2.89. The zero-order chi connectivity index (χ0) is 18.5. The molecule has 0 bridgehead atoms. The number of amides is 1. The minimum Gasteiger partial charge on any atom is -0.482 e. The molecule has 1 aliphatic rings. The van der Waals surface area contributed by atoms with E-state index in [2.05, 4.69) is 21.2 Å². The predicted octanol–water partition coefficient (Wildman–Crippen LogP) is 3.81. The molecule has 0 heterocycles. The number of benzene rings is 2. The van der Waals surface area contributed by atoms with Crippen molar-refractivity contribution in [1.82, 2.24) is 0 Å². The van der Waals surface area contributed by atoms with Gasteiger partial charge < -0.3 is 14.8 Å². The predicted molar refractivity (Wildman–Crippen MR) is 102 cm³/mol. The van der Waals surface area contributed by atoms with Crippen molar-refractivity contribution in [3.63, 3.8) is 0 Å². The van der Waals surface area contributed by atoms with Crippen LogP contribution in [-0.2, 0) is 27.2 Å². The summed E-state index contributed by atoms with van der Waals surface area (Å²) < 4.78 is 11.4. The second kappa shape index (κ2) is 8.36. The molecule has 0 unspecified atom stereocenters. The van der Waals surface area contributed by atoms with Crippen LogP contribution in [0.2, 0.25) is 0 Å². The molecule has 0 aromatic heterocycles. The number of carbonyl (C=O) groups excluding carboxylic acids is 2. The van der Waals surface area contributed by atoms with Crippen molar-refractivity contribution in [1.29, 1.82) is 0 Å². The lowest BCUT2D eigenvalue weighted by Crippen LogP contribution is -2.23. The van der Waals surface area contributed by atoms with Crippen molar-refractivity contribution in [2.45, 2.75) is 26.2 Å². The molecule has 136 valence electrons. The average molecular weight is 418 g/mol. The highest BCUT2D eigenvalue weighted by molar-refractivity contribution is 9.10. The number of rotatable bonds is 6. The van der Waals surface area contributed by atoms with Crippen LogP contribution in [0.3, 0.4) is 0 Å². The summed E-state index contributed by atoms with van der Waals surface area (Å²) in [5.74, 6) is -0.317. The fourth-order valence-corrected chi connectivity index (χ4v) is 3.13. The molecular weight excluding hydrogens is 398 g/mol. The van der Waals surface area contributed by atoms with E-state index in [1.165, 1.54) is 11.1 Å². The first kappa shape index (κ1) is 18.5. The molecule has 1 N–H and O–H groups in total. The molecule has 26 heavy (non-hydrogen) atoms. The number of ether oxygens (including phenoxy) is 2. The lowest BCUT2D eigenvalue weighted by atomic mass is 10.1. The van der Waals surface area contributed by atoms with Crippen LogP contribution >= 0.6 is 15.9 Å². The minimum absolute atomic E-state index is 0.219. The smallest absolute Gasteiger partial charge is 0.344 e. The van der Waals surface area contributed by atoms with E-state index >= 15 is 0 Å². The van der Waals surface area contributed by atoms with E-state index in [0.29, 0.717) is 11.4 Å². The highest BCUT2D eigenvalue weighted by Gasteiger charge is 2.13. The van der Waals surface area contributed by atoms with E-state index in [9.17, 15) is 9.59 Å². The maximum absolute atomic E-state index is 11.9. The SMILES string of the molecule is Cc1cc(NC(=O)COC(=O)COc2ccc3c(c2)CCC3)ccc1Br. The molecule has 1 amide bonds. The number of aryl methyl sites for hydroxylation is 3. The Labute approximate surface area is 160 Å². The molecule has 0 saturated heterocycles. The molecule has 1 aliphatic carbocycles. The van der Waals surface area contributed by atoms with Crippen LogP contribution in [0.25, 0.3) is 0 Å². The third-order valence-electron chi connectivity index (χ3n) is 4.23. The van der Waals surface area contributed by atoms with E-state index in [0.717, 1.165) is 29.3 Å². The van der Waals surface area contributed by atoms with Gasteiger partial charge in [-0.2, -0.15) is 0 Å². The van der Waals surface area contributed by atoms with Crippen LogP contribution in [0.4, 0.5) is 5.69 Å². The first-order valence-corrected chi connectivity index (χ1v) is 9.27. The Hall–Kier alpha value is -2.34. The second-order valence-corrected chi connectivity index (χ2v) is 7.10. The van der Waals surface area contributed by atoms with Crippen molar-refractivity contribution >= 4 is 33.5 Å². The molecule has 0 radical (unpaired) electrons. The van der Waals surface area contributed by atoms with Crippen molar-refractivity contribution < 1.29 is 19.1 Å². The lowest BCUT2D eigenvalue weighted by molar-refractivity contribution is -0.149. The first-order chi connectivity index (χ1) is 12.5. The number of halogens is 1. The van der Waals surface area contributed by atoms with Gasteiger partial charge in [0, 0.05) is 10.2 Å². The summed E-state index contributed by atoms with van der Waals surface area (Å²) in [5, 5.41) is 2.69. The summed E-state index contributed by atoms with van der Waals surface area (Å²) in [7, 11) is 0. The number of hydrogen-bond acceptors (Lipinski definition) is 4. The summed E-state index contributed by atoms with van der Waals surface area (Å²) in [6.45, 7) is 1.36. The minimum atomic E-state index is -0.576. The summed E-state index contributed by atoms with van der Waals surface area (Å²) in [5.41, 5.74) is 4.28. The Bertz CT molecular complexity index is 835. The molecule has 0 atom stereocenters. The zero-order valence-electron chi connectivity index (χ0n) is 14.5. The topological polar surface area (TPSA) is 64.6 Å². The monoisotopic (exact) mass is 417 g/mol. The summed E-state index contributed by atoms with van der Waals surface area (Å²) in [6, 6.07) is 11.3. The molecule has 2 aromatic rings. The quantitative estimate of drug-likeness (QED) is 0.725. The second-order valence-electron chi connectivity index (χ2n) is 6.25. The van der Waals surface area contributed by atoms with E-state index in [1.807, 2.05) is 37.3 Å². The largest absolute Gasteiger partial charge is 0.482 e. The fraction of sp³-hybridized carbons (Fsp3) is 0.300. The van der Waals surface area contributed by atoms with Crippen molar-refractivity contribution in [3.8, 4) is 5.75 Å². The van der Waals surface area contributed by atoms with E-state index in [4.69, 9.17) is 9.47 Å². The number of nitrogens with one attached hydrogen (secondary N) is 1. The van der Waals surface area contributed by atoms with Crippen molar-refractivity contribution in [2.24, 2.45) is 0 Å². The first-order valence-electron chi connectivity index (χ1n) is 8.47. The maximum Gasteiger partial charge on any atom is 0.344 e. The summed E-state index contributed by atoms with van der Waals surface area (Å²) in [4.78, 5) is 23.6. The van der Waals surface area contributed by atoms with Crippen LogP contribution in [0.15, 0.2) is 40.9 Å². The van der Waals surface area contributed by atoms with Gasteiger partial charge in [0.15, 0.2) is 13.2 Å². The molecule has 2 aromatic carbocycles. The number of esters is 1. The highest BCUT2D eigenvalue weighted by Crippen LogP contribution is 2.26. The number of hydrogen-bond donors (Lipinski definition) is 1. The molecule has 3 rings (SSSR count). The Balaban J connectivity index is 1.42. The van der Waals surface area contributed by atoms with Gasteiger partial charge >= 0.3 is 5.97 Å². The van der Waals surface area contributed by atoms with E-state index in [-0.39, 0.29) is 13.2 Å². The molecule has 0 saturated carbocycles. The van der Waals surface area contributed by atoms with E-state index in [1.54, 1.807) is 6.07 Å². The molecular formula is C20H20BrNO4. The Morgan fingerprint density at radius 2 is 1.88 bits per heavy atom. The Morgan fingerprint density at radius 3 is 2.69 bits per heavy atom. The van der Waals surface area contributed by atoms with Gasteiger partial charge in [-0.3, -0.25) is 4.79 Å². The van der Waals surface area contributed by atoms with Crippen LogP contribution in [0.1, 0.15) is 23.1 Å². The van der Waals surface area contributed by atoms with Crippen molar-refractivity contribution in [3.05, 3.63) is 57.6 Å². The maximum atomic E-state index is 11.9. The standard InChI is InChI=1S/C20H20BrNO4/c1-13-9-16(6-8-18(13)21)22-19(23)11-26-20(24)12-25-17-7-5-14-3-2-4-15(14)10-17/h5-10H,2-4,11-12H2,1H3,(H,22,23). The lowest BCUT2D eigenvalue weighted by Gasteiger charge is -2.09. The molecule has 0 aliphatic heterocycles. The van der Waals surface area contributed by atoms with Crippen molar-refractivity contribution in [2.75, 3.05) is 18.5 Å². The van der Waals surface area contributed by atoms with Gasteiger partial charge in [0.25, 0.3) is 5.91 Å². The summed E-state index contributed by atoms with van der Waals surface area (Å²) in [6.07, 6.45) is 3.31. The molecule has 5 nitrogen and oxygen atoms in total. The van der Waals surface area contributed by atoms with Gasteiger partial charge in [0.05, 0.1) is 0 Å². The van der Waals surface area contributed by atoms with Crippen LogP contribution in [0.5, 0.6) is 5.75 Å². The average Bonchev–Trinajstić information content (AvgIpc) is 3.09. The molecule has 0 spiro atoms. The number of anilines is 1. The van der Waals surface area contributed by atoms with Crippen LogP contribution < -0.4 is 10.1 Å².